The van der Waals surface area contributed by atoms with Crippen molar-refractivity contribution in [3.8, 4) is 0 Å². The molecule has 1 rings (SSSR count). The maximum absolute atomic E-state index is 3.53. The van der Waals surface area contributed by atoms with Crippen LogP contribution in [-0.4, -0.2) is 25.7 Å². The van der Waals surface area contributed by atoms with E-state index in [1.165, 1.54) is 12.8 Å². The lowest BCUT2D eigenvalue weighted by Gasteiger charge is -2.03. The van der Waals surface area contributed by atoms with Crippen LogP contribution in [0, 0.1) is 5.92 Å². The zero-order valence-electron chi connectivity index (χ0n) is 7.69. The molecule has 0 spiro atoms. The maximum atomic E-state index is 3.53. The van der Waals surface area contributed by atoms with Crippen LogP contribution in [0.4, 0.5) is 0 Å². The van der Waals surface area contributed by atoms with Crippen molar-refractivity contribution >= 4 is 0 Å². The highest BCUT2D eigenvalue weighted by Crippen LogP contribution is 2.32. The van der Waals surface area contributed by atoms with Crippen LogP contribution in [0.3, 0.4) is 0 Å². The van der Waals surface area contributed by atoms with Crippen molar-refractivity contribution in [3.05, 3.63) is 0 Å². The predicted octanol–water partition coefficient (Wildman–Crippen LogP) is 0.984. The van der Waals surface area contributed by atoms with Gasteiger partial charge in [-0.2, -0.15) is 0 Å². The SMILES string of the molecule is CCNCCNC1CC1CC. The molecule has 0 amide bonds. The standard InChI is InChI=1S/C9H20N2/c1-3-8-7-9(8)11-6-5-10-4-2/h8-11H,3-7H2,1-2H3. The summed E-state index contributed by atoms with van der Waals surface area (Å²) in [5.41, 5.74) is 0. The number of rotatable bonds is 6. The van der Waals surface area contributed by atoms with Gasteiger partial charge in [0.15, 0.2) is 0 Å². The van der Waals surface area contributed by atoms with Gasteiger partial charge in [-0.3, -0.25) is 0 Å². The van der Waals surface area contributed by atoms with E-state index in [1.807, 2.05) is 0 Å². The second-order valence-corrected chi connectivity index (χ2v) is 3.32. The highest BCUT2D eigenvalue weighted by molar-refractivity contribution is 4.91. The van der Waals surface area contributed by atoms with Gasteiger partial charge in [-0.1, -0.05) is 20.3 Å². The zero-order valence-corrected chi connectivity index (χ0v) is 7.69. The van der Waals surface area contributed by atoms with Gasteiger partial charge in [0.2, 0.25) is 0 Å². The molecule has 2 atom stereocenters. The Morgan fingerprint density at radius 1 is 1.27 bits per heavy atom. The summed E-state index contributed by atoms with van der Waals surface area (Å²) < 4.78 is 0. The second-order valence-electron chi connectivity index (χ2n) is 3.32. The minimum Gasteiger partial charge on any atom is -0.316 e. The van der Waals surface area contributed by atoms with Crippen molar-refractivity contribution in [2.24, 2.45) is 5.92 Å². The lowest BCUT2D eigenvalue weighted by Crippen LogP contribution is -2.29. The fraction of sp³-hybridized carbons (Fsp3) is 1.00. The summed E-state index contributed by atoms with van der Waals surface area (Å²) in [7, 11) is 0. The minimum absolute atomic E-state index is 0.846. The molecule has 0 bridgehead atoms. The van der Waals surface area contributed by atoms with E-state index >= 15 is 0 Å². The molecule has 1 fully saturated rings. The van der Waals surface area contributed by atoms with E-state index in [0.29, 0.717) is 0 Å². The number of hydrogen-bond donors (Lipinski definition) is 2. The molecule has 11 heavy (non-hydrogen) atoms. The molecule has 2 unspecified atom stereocenters. The predicted molar refractivity (Wildman–Crippen MR) is 48.7 cm³/mol. The summed E-state index contributed by atoms with van der Waals surface area (Å²) in [5.74, 6) is 0.983. The van der Waals surface area contributed by atoms with Crippen LogP contribution in [0.1, 0.15) is 26.7 Å². The van der Waals surface area contributed by atoms with Crippen LogP contribution in [0.25, 0.3) is 0 Å². The molecule has 0 aromatic heterocycles. The highest BCUT2D eigenvalue weighted by atomic mass is 15.0. The molecule has 0 aromatic carbocycles. The molecule has 0 aromatic rings. The van der Waals surface area contributed by atoms with E-state index in [4.69, 9.17) is 0 Å². The van der Waals surface area contributed by atoms with E-state index in [1.54, 1.807) is 0 Å². The summed E-state index contributed by atoms with van der Waals surface area (Å²) in [4.78, 5) is 0. The molecule has 1 saturated carbocycles. The van der Waals surface area contributed by atoms with Gasteiger partial charge < -0.3 is 10.6 Å². The van der Waals surface area contributed by atoms with Crippen molar-refractivity contribution in [1.82, 2.24) is 10.6 Å². The molecule has 2 N–H and O–H groups in total. The van der Waals surface area contributed by atoms with E-state index in [0.717, 1.165) is 31.6 Å². The minimum atomic E-state index is 0.846. The first kappa shape index (κ1) is 9.01. The quantitative estimate of drug-likeness (QED) is 0.560. The highest BCUT2D eigenvalue weighted by Gasteiger charge is 2.34. The van der Waals surface area contributed by atoms with Gasteiger partial charge in [-0.05, 0) is 18.9 Å². The molecule has 66 valence electrons. The molecule has 0 saturated heterocycles. The van der Waals surface area contributed by atoms with Crippen LogP contribution in [0.2, 0.25) is 0 Å². The number of likely N-dealkylation sites (N-methyl/N-ethyl adjacent to an activating group) is 1. The third kappa shape index (κ3) is 3.21. The lowest BCUT2D eigenvalue weighted by atomic mass is 10.3. The van der Waals surface area contributed by atoms with Crippen molar-refractivity contribution in [2.75, 3.05) is 19.6 Å². The fourth-order valence-corrected chi connectivity index (χ4v) is 1.47. The van der Waals surface area contributed by atoms with Crippen molar-refractivity contribution < 1.29 is 0 Å². The Morgan fingerprint density at radius 3 is 2.64 bits per heavy atom. The largest absolute Gasteiger partial charge is 0.316 e. The van der Waals surface area contributed by atoms with E-state index in [-0.39, 0.29) is 0 Å². The second kappa shape index (κ2) is 4.73. The average Bonchev–Trinajstić information content (AvgIpc) is 2.77. The van der Waals surface area contributed by atoms with Gasteiger partial charge in [-0.15, -0.1) is 0 Å². The third-order valence-electron chi connectivity index (χ3n) is 2.41. The van der Waals surface area contributed by atoms with Crippen LogP contribution < -0.4 is 10.6 Å². The van der Waals surface area contributed by atoms with Crippen LogP contribution >= 0.6 is 0 Å². The number of nitrogens with one attached hydrogen (secondary N) is 2. The van der Waals surface area contributed by atoms with Gasteiger partial charge in [0.25, 0.3) is 0 Å². The molecule has 2 nitrogen and oxygen atoms in total. The molecular weight excluding hydrogens is 136 g/mol. The first-order valence-corrected chi connectivity index (χ1v) is 4.82. The molecule has 1 aliphatic rings. The Hall–Kier alpha value is -0.0800. The van der Waals surface area contributed by atoms with Gasteiger partial charge in [0.1, 0.15) is 0 Å². The Balaban J connectivity index is 1.82. The first-order valence-electron chi connectivity index (χ1n) is 4.82. The normalized spacial score (nSPS) is 28.9. The molecule has 1 aliphatic carbocycles. The Labute approximate surface area is 69.8 Å². The van der Waals surface area contributed by atoms with Gasteiger partial charge in [0.05, 0.1) is 0 Å². The summed E-state index contributed by atoms with van der Waals surface area (Å²) in [6.45, 7) is 7.75. The van der Waals surface area contributed by atoms with Gasteiger partial charge in [-0.25, -0.2) is 0 Å². The van der Waals surface area contributed by atoms with E-state index in [2.05, 4.69) is 24.5 Å². The molecule has 0 heterocycles. The van der Waals surface area contributed by atoms with Crippen LogP contribution in [-0.2, 0) is 0 Å². The Kier molecular flexibility index (Phi) is 3.87. The topological polar surface area (TPSA) is 24.1 Å². The summed E-state index contributed by atoms with van der Waals surface area (Å²) >= 11 is 0. The first-order chi connectivity index (χ1) is 5.38. The number of hydrogen-bond acceptors (Lipinski definition) is 2. The lowest BCUT2D eigenvalue weighted by molar-refractivity contribution is 0.590. The third-order valence-corrected chi connectivity index (χ3v) is 2.41. The van der Waals surface area contributed by atoms with E-state index < -0.39 is 0 Å². The van der Waals surface area contributed by atoms with E-state index in [9.17, 15) is 0 Å². The van der Waals surface area contributed by atoms with Crippen molar-refractivity contribution in [1.29, 1.82) is 0 Å². The Morgan fingerprint density at radius 2 is 2.09 bits per heavy atom. The zero-order chi connectivity index (χ0) is 8.10. The average molecular weight is 156 g/mol. The summed E-state index contributed by atoms with van der Waals surface area (Å²) in [6.07, 6.45) is 2.75. The molecule has 0 radical (unpaired) electrons. The maximum Gasteiger partial charge on any atom is 0.00995 e. The van der Waals surface area contributed by atoms with Crippen LogP contribution in [0.5, 0.6) is 0 Å². The molecular formula is C9H20N2. The van der Waals surface area contributed by atoms with Crippen LogP contribution in [0.15, 0.2) is 0 Å². The fourth-order valence-electron chi connectivity index (χ4n) is 1.47. The molecule has 0 aliphatic heterocycles. The summed E-state index contributed by atoms with van der Waals surface area (Å²) in [5, 5.41) is 6.83. The molecule has 2 heteroatoms. The smallest absolute Gasteiger partial charge is 0.00995 e. The van der Waals surface area contributed by atoms with Gasteiger partial charge in [0, 0.05) is 19.1 Å². The summed E-state index contributed by atoms with van der Waals surface area (Å²) in [6, 6.07) is 0.846. The van der Waals surface area contributed by atoms with Gasteiger partial charge >= 0.3 is 0 Å². The Bertz CT molecular complexity index is 104. The monoisotopic (exact) mass is 156 g/mol. The van der Waals surface area contributed by atoms with Crippen molar-refractivity contribution in [2.45, 2.75) is 32.7 Å². The van der Waals surface area contributed by atoms with Crippen molar-refractivity contribution in [3.63, 3.8) is 0 Å².